The lowest BCUT2D eigenvalue weighted by Crippen LogP contribution is -2.38. The first-order valence-corrected chi connectivity index (χ1v) is 9.98. The molecule has 1 saturated carbocycles. The number of morpholine rings is 1. The highest BCUT2D eigenvalue weighted by Crippen LogP contribution is 2.25. The summed E-state index contributed by atoms with van der Waals surface area (Å²) in [5.41, 5.74) is 1.46. The van der Waals surface area contributed by atoms with Gasteiger partial charge in [0.15, 0.2) is 0 Å². The van der Waals surface area contributed by atoms with Crippen LogP contribution in [0.1, 0.15) is 41.6 Å². The summed E-state index contributed by atoms with van der Waals surface area (Å²) in [6, 6.07) is 7.42. The van der Waals surface area contributed by atoms with Gasteiger partial charge in [0.2, 0.25) is 5.88 Å². The lowest BCUT2D eigenvalue weighted by atomic mass is 10.2. The highest BCUT2D eigenvalue weighted by molar-refractivity contribution is 5.98. The zero-order chi connectivity index (χ0) is 19.2. The second kappa shape index (κ2) is 9.01. The molecule has 0 atom stereocenters. The molecule has 1 saturated heterocycles. The third kappa shape index (κ3) is 4.42. The summed E-state index contributed by atoms with van der Waals surface area (Å²) in [5, 5.41) is 3.00. The fourth-order valence-electron chi connectivity index (χ4n) is 3.70. The van der Waals surface area contributed by atoms with Crippen LogP contribution in [0.15, 0.2) is 36.7 Å². The van der Waals surface area contributed by atoms with E-state index in [1.54, 1.807) is 18.5 Å². The second-order valence-corrected chi connectivity index (χ2v) is 7.15. The summed E-state index contributed by atoms with van der Waals surface area (Å²) >= 11 is 0. The normalized spacial score (nSPS) is 17.5. The molecule has 2 aliphatic rings. The van der Waals surface area contributed by atoms with Crippen LogP contribution in [0.25, 0.3) is 0 Å². The van der Waals surface area contributed by atoms with Crippen molar-refractivity contribution in [3.05, 3.63) is 47.8 Å². The van der Waals surface area contributed by atoms with Crippen LogP contribution < -0.4 is 15.0 Å². The molecule has 28 heavy (non-hydrogen) atoms. The summed E-state index contributed by atoms with van der Waals surface area (Å²) in [6.07, 6.45) is 8.23. The lowest BCUT2D eigenvalue weighted by molar-refractivity contribution is 0.0948. The molecule has 1 amide bonds. The van der Waals surface area contributed by atoms with E-state index in [9.17, 15) is 4.79 Å². The van der Waals surface area contributed by atoms with Gasteiger partial charge in [-0.15, -0.1) is 0 Å². The fourth-order valence-corrected chi connectivity index (χ4v) is 3.70. The molecular weight excluding hydrogens is 356 g/mol. The topological polar surface area (TPSA) is 76.6 Å². The first kappa shape index (κ1) is 18.7. The van der Waals surface area contributed by atoms with E-state index >= 15 is 0 Å². The predicted molar refractivity (Wildman–Crippen MR) is 106 cm³/mol. The highest BCUT2D eigenvalue weighted by Gasteiger charge is 2.21. The first-order valence-electron chi connectivity index (χ1n) is 9.98. The summed E-state index contributed by atoms with van der Waals surface area (Å²) in [7, 11) is 0. The SMILES string of the molecule is O=C(NCc1cccnc1OC1CCCC1)c1cccnc1N1CCOCC1. The zero-order valence-corrected chi connectivity index (χ0v) is 16.0. The smallest absolute Gasteiger partial charge is 0.255 e. The second-order valence-electron chi connectivity index (χ2n) is 7.15. The maximum Gasteiger partial charge on any atom is 0.255 e. The van der Waals surface area contributed by atoms with Crippen LogP contribution in [0.4, 0.5) is 5.82 Å². The van der Waals surface area contributed by atoms with Crippen LogP contribution in [0.2, 0.25) is 0 Å². The minimum absolute atomic E-state index is 0.148. The number of ether oxygens (including phenoxy) is 2. The van der Waals surface area contributed by atoms with Crippen molar-refractivity contribution in [2.45, 2.75) is 38.3 Å². The van der Waals surface area contributed by atoms with Crippen LogP contribution in [0, 0.1) is 0 Å². The van der Waals surface area contributed by atoms with Gasteiger partial charge in [0, 0.05) is 37.6 Å². The summed E-state index contributed by atoms with van der Waals surface area (Å²) in [5.74, 6) is 1.18. The molecule has 2 aromatic rings. The third-order valence-corrected chi connectivity index (χ3v) is 5.21. The molecule has 4 rings (SSSR count). The minimum Gasteiger partial charge on any atom is -0.474 e. The summed E-state index contributed by atoms with van der Waals surface area (Å²) < 4.78 is 11.5. The van der Waals surface area contributed by atoms with Gasteiger partial charge in [0.25, 0.3) is 5.91 Å². The van der Waals surface area contributed by atoms with Gasteiger partial charge < -0.3 is 19.7 Å². The van der Waals surface area contributed by atoms with Crippen molar-refractivity contribution in [3.8, 4) is 5.88 Å². The number of nitrogens with one attached hydrogen (secondary N) is 1. The molecule has 7 heteroatoms. The van der Waals surface area contributed by atoms with Gasteiger partial charge in [0.05, 0.1) is 18.8 Å². The van der Waals surface area contributed by atoms with E-state index in [2.05, 4.69) is 20.2 Å². The summed E-state index contributed by atoms with van der Waals surface area (Å²) in [6.45, 7) is 3.13. The highest BCUT2D eigenvalue weighted by atomic mass is 16.5. The van der Waals surface area contributed by atoms with Crippen molar-refractivity contribution in [2.75, 3.05) is 31.2 Å². The average Bonchev–Trinajstić information content (AvgIpc) is 3.27. The van der Waals surface area contributed by atoms with E-state index < -0.39 is 0 Å². The van der Waals surface area contributed by atoms with Crippen molar-refractivity contribution < 1.29 is 14.3 Å². The first-order chi connectivity index (χ1) is 13.8. The number of carbonyl (C=O) groups excluding carboxylic acids is 1. The maximum atomic E-state index is 12.9. The van der Waals surface area contributed by atoms with E-state index in [1.807, 2.05) is 18.2 Å². The Balaban J connectivity index is 1.44. The van der Waals surface area contributed by atoms with Crippen LogP contribution in [-0.2, 0) is 11.3 Å². The summed E-state index contributed by atoms with van der Waals surface area (Å²) in [4.78, 5) is 23.8. The number of nitrogens with zero attached hydrogens (tertiary/aromatic N) is 3. The van der Waals surface area contributed by atoms with E-state index in [0.717, 1.165) is 31.5 Å². The third-order valence-electron chi connectivity index (χ3n) is 5.21. The van der Waals surface area contributed by atoms with Crippen LogP contribution in [0.3, 0.4) is 0 Å². The lowest BCUT2D eigenvalue weighted by Gasteiger charge is -2.29. The molecular formula is C21H26N4O3. The molecule has 2 fully saturated rings. The Morgan fingerprint density at radius 3 is 2.71 bits per heavy atom. The molecule has 148 valence electrons. The van der Waals surface area contributed by atoms with Gasteiger partial charge >= 0.3 is 0 Å². The number of carbonyl (C=O) groups is 1. The fraction of sp³-hybridized carbons (Fsp3) is 0.476. The van der Waals surface area contributed by atoms with E-state index in [0.29, 0.717) is 37.0 Å². The van der Waals surface area contributed by atoms with E-state index in [-0.39, 0.29) is 12.0 Å². The van der Waals surface area contributed by atoms with Crippen molar-refractivity contribution in [1.29, 1.82) is 0 Å². The molecule has 3 heterocycles. The monoisotopic (exact) mass is 382 g/mol. The van der Waals surface area contributed by atoms with Crippen molar-refractivity contribution in [3.63, 3.8) is 0 Å². The Labute approximate surface area is 165 Å². The van der Waals surface area contributed by atoms with Gasteiger partial charge in [-0.05, 0) is 43.9 Å². The van der Waals surface area contributed by atoms with Crippen LogP contribution in [-0.4, -0.2) is 48.3 Å². The average molecular weight is 382 g/mol. The van der Waals surface area contributed by atoms with Gasteiger partial charge in [0.1, 0.15) is 11.9 Å². The van der Waals surface area contributed by atoms with Gasteiger partial charge in [-0.2, -0.15) is 0 Å². The van der Waals surface area contributed by atoms with Gasteiger partial charge in [-0.1, -0.05) is 6.07 Å². The van der Waals surface area contributed by atoms with Crippen LogP contribution in [0.5, 0.6) is 5.88 Å². The molecule has 2 aromatic heterocycles. The number of aromatic nitrogens is 2. The molecule has 0 bridgehead atoms. The van der Waals surface area contributed by atoms with E-state index in [4.69, 9.17) is 9.47 Å². The largest absolute Gasteiger partial charge is 0.474 e. The number of pyridine rings is 2. The molecule has 1 aliphatic heterocycles. The molecule has 0 spiro atoms. The van der Waals surface area contributed by atoms with Gasteiger partial charge in [-0.3, -0.25) is 4.79 Å². The Bertz CT molecular complexity index is 802. The molecule has 1 N–H and O–H groups in total. The number of anilines is 1. The molecule has 1 aliphatic carbocycles. The molecule has 7 nitrogen and oxygen atoms in total. The van der Waals surface area contributed by atoms with Crippen molar-refractivity contribution >= 4 is 11.7 Å². The van der Waals surface area contributed by atoms with Crippen molar-refractivity contribution in [2.24, 2.45) is 0 Å². The molecule has 0 unspecified atom stereocenters. The number of rotatable bonds is 6. The number of hydrogen-bond acceptors (Lipinski definition) is 6. The minimum atomic E-state index is -0.148. The Kier molecular flexibility index (Phi) is 6.01. The Morgan fingerprint density at radius 1 is 1.14 bits per heavy atom. The van der Waals surface area contributed by atoms with Crippen LogP contribution >= 0.6 is 0 Å². The van der Waals surface area contributed by atoms with Crippen molar-refractivity contribution in [1.82, 2.24) is 15.3 Å². The van der Waals surface area contributed by atoms with Gasteiger partial charge in [-0.25, -0.2) is 9.97 Å². The maximum absolute atomic E-state index is 12.9. The van der Waals surface area contributed by atoms with E-state index in [1.165, 1.54) is 12.8 Å². The predicted octanol–water partition coefficient (Wildman–Crippen LogP) is 2.56. The Hall–Kier alpha value is -2.67. The molecule has 0 aromatic carbocycles. The number of hydrogen-bond donors (Lipinski definition) is 1. The zero-order valence-electron chi connectivity index (χ0n) is 16.0. The number of amides is 1. The quantitative estimate of drug-likeness (QED) is 0.828. The Morgan fingerprint density at radius 2 is 1.89 bits per heavy atom. The standard InChI is InChI=1S/C21H26N4O3/c26-20(18-8-4-9-22-19(18)25-11-13-27-14-12-25)24-15-16-5-3-10-23-21(16)28-17-6-1-2-7-17/h3-5,8-10,17H,1-2,6-7,11-15H2,(H,24,26). The molecule has 0 radical (unpaired) electrons.